The lowest BCUT2D eigenvalue weighted by Gasteiger charge is -2.22. The lowest BCUT2D eigenvalue weighted by molar-refractivity contribution is -0.116. The van der Waals surface area contributed by atoms with Crippen LogP contribution in [0.3, 0.4) is 0 Å². The van der Waals surface area contributed by atoms with E-state index in [9.17, 15) is 18.0 Å². The fourth-order valence-corrected chi connectivity index (χ4v) is 4.66. The van der Waals surface area contributed by atoms with Crippen LogP contribution in [0, 0.1) is 0 Å². The van der Waals surface area contributed by atoms with Gasteiger partial charge in [-0.25, -0.2) is 8.42 Å². The molecule has 3 aromatic carbocycles. The predicted octanol–water partition coefficient (Wildman–Crippen LogP) is 4.24. The summed E-state index contributed by atoms with van der Waals surface area (Å²) < 4.78 is 28.5. The number of nitrogens with zero attached hydrogens (tertiary/aromatic N) is 1. The first-order valence-electron chi connectivity index (χ1n) is 9.71. The van der Waals surface area contributed by atoms with Gasteiger partial charge in [-0.3, -0.25) is 9.59 Å². The lowest BCUT2D eigenvalue weighted by atomic mass is 10.2. The first-order chi connectivity index (χ1) is 15.2. The van der Waals surface area contributed by atoms with Gasteiger partial charge in [-0.1, -0.05) is 52.3 Å². The van der Waals surface area contributed by atoms with Gasteiger partial charge in [0.1, 0.15) is 0 Å². The summed E-state index contributed by atoms with van der Waals surface area (Å²) in [7, 11) is -3.93. The van der Waals surface area contributed by atoms with E-state index in [2.05, 4.69) is 26.6 Å². The quantitative estimate of drug-likeness (QED) is 0.469. The van der Waals surface area contributed by atoms with Crippen LogP contribution in [-0.4, -0.2) is 31.1 Å². The van der Waals surface area contributed by atoms with Crippen molar-refractivity contribution < 1.29 is 18.0 Å². The number of carbonyl (C=O) groups is 2. The van der Waals surface area contributed by atoms with Crippen molar-refractivity contribution in [2.24, 2.45) is 0 Å². The molecule has 0 atom stereocenters. The number of carbonyl (C=O) groups excluding carboxylic acids is 2. The first kappa shape index (κ1) is 23.6. The summed E-state index contributed by atoms with van der Waals surface area (Å²) in [6.07, 6.45) is 0. The zero-order valence-electron chi connectivity index (χ0n) is 17.3. The summed E-state index contributed by atoms with van der Waals surface area (Å²) >= 11 is 3.30. The third-order valence-corrected chi connectivity index (χ3v) is 6.77. The van der Waals surface area contributed by atoms with E-state index in [0.29, 0.717) is 11.4 Å². The van der Waals surface area contributed by atoms with Crippen LogP contribution in [-0.2, 0) is 26.2 Å². The molecule has 0 aliphatic heterocycles. The average molecular weight is 516 g/mol. The van der Waals surface area contributed by atoms with Crippen molar-refractivity contribution in [3.05, 3.63) is 88.9 Å². The Morgan fingerprint density at radius 2 is 1.50 bits per heavy atom. The highest BCUT2D eigenvalue weighted by atomic mass is 79.9. The maximum atomic E-state index is 13.3. The molecule has 2 amide bonds. The molecule has 0 fully saturated rings. The molecule has 32 heavy (non-hydrogen) atoms. The second-order valence-corrected chi connectivity index (χ2v) is 9.88. The molecule has 3 aromatic rings. The third-order valence-electron chi connectivity index (χ3n) is 4.44. The minimum Gasteiger partial charge on any atom is -0.326 e. The van der Waals surface area contributed by atoms with E-state index in [1.165, 1.54) is 19.1 Å². The summed E-state index contributed by atoms with van der Waals surface area (Å²) in [6, 6.07) is 22.0. The van der Waals surface area contributed by atoms with Gasteiger partial charge in [0.2, 0.25) is 21.8 Å². The summed E-state index contributed by atoms with van der Waals surface area (Å²) in [6.45, 7) is 1.05. The van der Waals surface area contributed by atoms with E-state index in [-0.39, 0.29) is 23.9 Å². The van der Waals surface area contributed by atoms with Gasteiger partial charge >= 0.3 is 0 Å². The van der Waals surface area contributed by atoms with Crippen LogP contribution in [0.2, 0.25) is 0 Å². The maximum absolute atomic E-state index is 13.3. The first-order valence-corrected chi connectivity index (χ1v) is 11.9. The number of sulfonamides is 1. The lowest BCUT2D eigenvalue weighted by Crippen LogP contribution is -2.37. The van der Waals surface area contributed by atoms with Gasteiger partial charge in [0.05, 0.1) is 11.4 Å². The molecule has 166 valence electrons. The van der Waals surface area contributed by atoms with Gasteiger partial charge in [0, 0.05) is 29.3 Å². The molecular formula is C23H22BrN3O4S. The second-order valence-electron chi connectivity index (χ2n) is 7.02. The van der Waals surface area contributed by atoms with E-state index in [0.717, 1.165) is 14.3 Å². The highest BCUT2D eigenvalue weighted by Crippen LogP contribution is 2.21. The Morgan fingerprint density at radius 3 is 2.12 bits per heavy atom. The van der Waals surface area contributed by atoms with E-state index < -0.39 is 15.9 Å². The fourth-order valence-electron chi connectivity index (χ4n) is 3.01. The molecule has 0 saturated heterocycles. The number of benzene rings is 3. The summed E-state index contributed by atoms with van der Waals surface area (Å²) in [5, 5.41) is 5.34. The number of amides is 2. The van der Waals surface area contributed by atoms with Crippen LogP contribution in [0.4, 0.5) is 11.4 Å². The number of hydrogen-bond acceptors (Lipinski definition) is 4. The van der Waals surface area contributed by atoms with Crippen molar-refractivity contribution in [1.82, 2.24) is 4.31 Å². The maximum Gasteiger partial charge on any atom is 0.243 e. The predicted molar refractivity (Wildman–Crippen MR) is 128 cm³/mol. The van der Waals surface area contributed by atoms with Crippen LogP contribution < -0.4 is 10.6 Å². The standard InChI is InChI=1S/C23H22BrN3O4S/c1-17(28)25-20-8-5-9-21(14-20)26-23(29)16-27(15-18-6-3-2-4-7-18)32(30,31)22-12-10-19(24)11-13-22/h2-14H,15-16H2,1H3,(H,25,28)(H,26,29). The highest BCUT2D eigenvalue weighted by Gasteiger charge is 2.27. The molecule has 2 N–H and O–H groups in total. The summed E-state index contributed by atoms with van der Waals surface area (Å²) in [4.78, 5) is 24.1. The van der Waals surface area contributed by atoms with Crippen LogP contribution in [0.25, 0.3) is 0 Å². The number of anilines is 2. The fraction of sp³-hybridized carbons (Fsp3) is 0.130. The zero-order chi connectivity index (χ0) is 23.1. The van der Waals surface area contributed by atoms with E-state index >= 15 is 0 Å². The SMILES string of the molecule is CC(=O)Nc1cccc(NC(=O)CN(Cc2ccccc2)S(=O)(=O)c2ccc(Br)cc2)c1. The molecule has 9 heteroatoms. The molecule has 7 nitrogen and oxygen atoms in total. The molecule has 0 saturated carbocycles. The Bertz CT molecular complexity index is 1200. The van der Waals surface area contributed by atoms with Crippen LogP contribution in [0.15, 0.2) is 88.2 Å². The van der Waals surface area contributed by atoms with Crippen molar-refractivity contribution in [3.8, 4) is 0 Å². The molecule has 0 bridgehead atoms. The Balaban J connectivity index is 1.83. The van der Waals surface area contributed by atoms with E-state index in [1.807, 2.05) is 18.2 Å². The normalized spacial score (nSPS) is 11.2. The number of rotatable bonds is 8. The van der Waals surface area contributed by atoms with E-state index in [4.69, 9.17) is 0 Å². The van der Waals surface area contributed by atoms with Crippen molar-refractivity contribution in [2.75, 3.05) is 17.2 Å². The molecule has 0 radical (unpaired) electrons. The molecule has 0 spiro atoms. The van der Waals surface area contributed by atoms with Gasteiger partial charge in [0.25, 0.3) is 0 Å². The van der Waals surface area contributed by atoms with Gasteiger partial charge in [-0.05, 0) is 48.0 Å². The Hall–Kier alpha value is -3.01. The average Bonchev–Trinajstić information content (AvgIpc) is 2.74. The topological polar surface area (TPSA) is 95.6 Å². The second kappa shape index (κ2) is 10.5. The zero-order valence-corrected chi connectivity index (χ0v) is 19.7. The van der Waals surface area contributed by atoms with Crippen molar-refractivity contribution >= 4 is 49.1 Å². The third kappa shape index (κ3) is 6.49. The van der Waals surface area contributed by atoms with Gasteiger partial charge in [-0.15, -0.1) is 0 Å². The molecular weight excluding hydrogens is 494 g/mol. The van der Waals surface area contributed by atoms with Crippen molar-refractivity contribution in [1.29, 1.82) is 0 Å². The monoisotopic (exact) mass is 515 g/mol. The minimum atomic E-state index is -3.93. The Kier molecular flexibility index (Phi) is 7.79. The van der Waals surface area contributed by atoms with Gasteiger partial charge in [-0.2, -0.15) is 4.31 Å². The summed E-state index contributed by atoms with van der Waals surface area (Å²) in [5.74, 6) is -0.732. The minimum absolute atomic E-state index is 0.0403. The molecule has 3 rings (SSSR count). The smallest absolute Gasteiger partial charge is 0.243 e. The summed E-state index contributed by atoms with van der Waals surface area (Å²) in [5.41, 5.74) is 1.73. The number of nitrogens with one attached hydrogen (secondary N) is 2. The van der Waals surface area contributed by atoms with Crippen LogP contribution in [0.5, 0.6) is 0 Å². The number of hydrogen-bond donors (Lipinski definition) is 2. The van der Waals surface area contributed by atoms with Crippen molar-refractivity contribution in [2.45, 2.75) is 18.4 Å². The van der Waals surface area contributed by atoms with Crippen LogP contribution >= 0.6 is 15.9 Å². The molecule has 0 aromatic heterocycles. The largest absolute Gasteiger partial charge is 0.326 e. The van der Waals surface area contributed by atoms with Crippen LogP contribution in [0.1, 0.15) is 12.5 Å². The molecule has 0 aliphatic carbocycles. The van der Waals surface area contributed by atoms with Crippen molar-refractivity contribution in [3.63, 3.8) is 0 Å². The van der Waals surface area contributed by atoms with E-state index in [1.54, 1.807) is 48.5 Å². The highest BCUT2D eigenvalue weighted by molar-refractivity contribution is 9.10. The number of halogens is 1. The Morgan fingerprint density at radius 1 is 0.875 bits per heavy atom. The van der Waals surface area contributed by atoms with Gasteiger partial charge < -0.3 is 10.6 Å². The molecule has 0 aliphatic rings. The Labute approximate surface area is 195 Å². The van der Waals surface area contributed by atoms with Gasteiger partial charge in [0.15, 0.2) is 0 Å². The molecule has 0 heterocycles. The molecule has 0 unspecified atom stereocenters.